The van der Waals surface area contributed by atoms with Gasteiger partial charge in [0, 0.05) is 31.7 Å². The number of rotatable bonds is 3. The maximum Gasteiger partial charge on any atom is 0.0499 e. The van der Waals surface area contributed by atoms with Gasteiger partial charge in [0.25, 0.3) is 0 Å². The number of hydrogen-bond acceptors (Lipinski definition) is 2. The Hall–Kier alpha value is -0.0800. The molecule has 0 spiro atoms. The topological polar surface area (TPSA) is 23.5 Å². The minimum Gasteiger partial charge on any atom is -0.396 e. The predicted molar refractivity (Wildman–Crippen MR) is 74.4 cm³/mol. The number of nitrogens with zero attached hydrogens (tertiary/aromatic N) is 1. The van der Waals surface area contributed by atoms with Crippen LogP contribution in [0.5, 0.6) is 0 Å². The van der Waals surface area contributed by atoms with E-state index >= 15 is 0 Å². The third-order valence-electron chi connectivity index (χ3n) is 5.88. The van der Waals surface area contributed by atoms with Crippen molar-refractivity contribution in [1.82, 2.24) is 4.90 Å². The van der Waals surface area contributed by atoms with E-state index in [0.29, 0.717) is 6.61 Å². The third-order valence-corrected chi connectivity index (χ3v) is 5.88. The molecule has 0 amide bonds. The van der Waals surface area contributed by atoms with Crippen LogP contribution in [0.1, 0.15) is 51.9 Å². The van der Waals surface area contributed by atoms with Crippen molar-refractivity contribution in [1.29, 1.82) is 0 Å². The van der Waals surface area contributed by atoms with E-state index in [9.17, 15) is 5.11 Å². The van der Waals surface area contributed by atoms with E-state index in [1.54, 1.807) is 0 Å². The Morgan fingerprint density at radius 3 is 2.44 bits per heavy atom. The van der Waals surface area contributed by atoms with Crippen LogP contribution in [0, 0.1) is 23.2 Å². The van der Waals surface area contributed by atoms with Gasteiger partial charge in [-0.15, -0.1) is 0 Å². The molecule has 3 fully saturated rings. The van der Waals surface area contributed by atoms with Crippen molar-refractivity contribution in [2.75, 3.05) is 26.2 Å². The fourth-order valence-corrected chi connectivity index (χ4v) is 5.04. The molecule has 1 heterocycles. The molecule has 1 aliphatic heterocycles. The van der Waals surface area contributed by atoms with Gasteiger partial charge in [0.2, 0.25) is 0 Å². The number of aliphatic hydroxyl groups is 1. The molecular weight excluding hydrogens is 222 g/mol. The minimum absolute atomic E-state index is 0.232. The Balaban J connectivity index is 1.60. The van der Waals surface area contributed by atoms with Gasteiger partial charge in [-0.1, -0.05) is 26.2 Å². The lowest BCUT2D eigenvalue weighted by Crippen LogP contribution is -2.42. The van der Waals surface area contributed by atoms with Gasteiger partial charge in [-0.25, -0.2) is 0 Å². The summed E-state index contributed by atoms with van der Waals surface area (Å²) in [5.41, 5.74) is 0.232. The average molecular weight is 251 g/mol. The summed E-state index contributed by atoms with van der Waals surface area (Å²) in [5, 5.41) is 9.90. The maximum atomic E-state index is 9.90. The first kappa shape index (κ1) is 12.9. The molecule has 4 atom stereocenters. The van der Waals surface area contributed by atoms with E-state index in [1.165, 1.54) is 64.6 Å². The molecule has 3 rings (SSSR count). The van der Waals surface area contributed by atoms with Crippen LogP contribution in [0.4, 0.5) is 0 Å². The SMILES string of the molecule is CC1CCCC(CO)(CN2CC3CCCC3C2)C1. The van der Waals surface area contributed by atoms with Gasteiger partial charge in [0.15, 0.2) is 0 Å². The van der Waals surface area contributed by atoms with Gasteiger partial charge in [0.05, 0.1) is 0 Å². The van der Waals surface area contributed by atoms with Gasteiger partial charge < -0.3 is 10.0 Å². The number of fused-ring (bicyclic) bond motifs is 1. The fourth-order valence-electron chi connectivity index (χ4n) is 5.04. The normalized spacial score (nSPS) is 45.3. The summed E-state index contributed by atoms with van der Waals surface area (Å²) in [6.07, 6.45) is 9.57. The molecule has 1 N–H and O–H groups in total. The molecule has 4 unspecified atom stereocenters. The summed E-state index contributed by atoms with van der Waals surface area (Å²) in [7, 11) is 0. The highest BCUT2D eigenvalue weighted by Crippen LogP contribution is 2.43. The summed E-state index contributed by atoms with van der Waals surface area (Å²) < 4.78 is 0. The molecule has 104 valence electrons. The molecule has 2 nitrogen and oxygen atoms in total. The molecule has 2 heteroatoms. The lowest BCUT2D eigenvalue weighted by atomic mass is 9.70. The average Bonchev–Trinajstić information content (AvgIpc) is 2.89. The second-order valence-corrected chi connectivity index (χ2v) is 7.50. The van der Waals surface area contributed by atoms with Crippen molar-refractivity contribution in [3.05, 3.63) is 0 Å². The standard InChI is InChI=1S/C16H29NO/c1-13-4-3-7-16(8-13,12-18)11-17-9-14-5-2-6-15(14)10-17/h13-15,18H,2-12H2,1H3. The highest BCUT2D eigenvalue weighted by molar-refractivity contribution is 4.93. The minimum atomic E-state index is 0.232. The molecule has 0 aromatic carbocycles. The van der Waals surface area contributed by atoms with Gasteiger partial charge >= 0.3 is 0 Å². The number of aliphatic hydroxyl groups excluding tert-OH is 1. The van der Waals surface area contributed by atoms with E-state index in [0.717, 1.165) is 17.8 Å². The van der Waals surface area contributed by atoms with Crippen molar-refractivity contribution in [3.63, 3.8) is 0 Å². The molecule has 2 saturated carbocycles. The zero-order valence-electron chi connectivity index (χ0n) is 11.9. The third kappa shape index (κ3) is 2.46. The lowest BCUT2D eigenvalue weighted by molar-refractivity contribution is 0.0283. The zero-order chi connectivity index (χ0) is 12.6. The molecule has 0 aromatic heterocycles. The second-order valence-electron chi connectivity index (χ2n) is 7.50. The summed E-state index contributed by atoms with van der Waals surface area (Å²) in [6, 6.07) is 0. The Kier molecular flexibility index (Phi) is 3.68. The summed E-state index contributed by atoms with van der Waals surface area (Å²) in [5.74, 6) is 2.79. The van der Waals surface area contributed by atoms with Crippen LogP contribution < -0.4 is 0 Å². The molecule has 3 aliphatic rings. The molecule has 2 aliphatic carbocycles. The quantitative estimate of drug-likeness (QED) is 0.833. The van der Waals surface area contributed by atoms with Crippen LogP contribution in [0.3, 0.4) is 0 Å². The van der Waals surface area contributed by atoms with Crippen LogP contribution in [0.2, 0.25) is 0 Å². The van der Waals surface area contributed by atoms with Crippen molar-refractivity contribution < 1.29 is 5.11 Å². The Bertz CT molecular complexity index is 281. The van der Waals surface area contributed by atoms with Crippen molar-refractivity contribution in [2.24, 2.45) is 23.2 Å². The van der Waals surface area contributed by atoms with E-state index in [1.807, 2.05) is 0 Å². The Labute approximate surface area is 112 Å². The molecule has 0 radical (unpaired) electrons. The van der Waals surface area contributed by atoms with Crippen LogP contribution in [-0.4, -0.2) is 36.2 Å². The van der Waals surface area contributed by atoms with E-state index in [4.69, 9.17) is 0 Å². The maximum absolute atomic E-state index is 9.90. The zero-order valence-corrected chi connectivity index (χ0v) is 11.9. The van der Waals surface area contributed by atoms with E-state index in [2.05, 4.69) is 11.8 Å². The summed E-state index contributed by atoms with van der Waals surface area (Å²) in [4.78, 5) is 2.68. The van der Waals surface area contributed by atoms with Crippen LogP contribution >= 0.6 is 0 Å². The molecular formula is C16H29NO. The number of likely N-dealkylation sites (tertiary alicyclic amines) is 1. The summed E-state index contributed by atoms with van der Waals surface area (Å²) >= 11 is 0. The Morgan fingerprint density at radius 2 is 1.83 bits per heavy atom. The first-order valence-electron chi connectivity index (χ1n) is 8.04. The first-order valence-corrected chi connectivity index (χ1v) is 8.04. The fraction of sp³-hybridized carbons (Fsp3) is 1.00. The Morgan fingerprint density at radius 1 is 1.11 bits per heavy atom. The van der Waals surface area contributed by atoms with Gasteiger partial charge in [-0.3, -0.25) is 0 Å². The first-order chi connectivity index (χ1) is 8.71. The predicted octanol–water partition coefficient (Wildman–Crippen LogP) is 2.91. The molecule has 0 aromatic rings. The van der Waals surface area contributed by atoms with Crippen molar-refractivity contribution in [3.8, 4) is 0 Å². The van der Waals surface area contributed by atoms with Gasteiger partial charge in [0.1, 0.15) is 0 Å². The number of hydrogen-bond donors (Lipinski definition) is 1. The lowest BCUT2D eigenvalue weighted by Gasteiger charge is -2.41. The molecule has 1 saturated heterocycles. The monoisotopic (exact) mass is 251 g/mol. The highest BCUT2D eigenvalue weighted by Gasteiger charge is 2.41. The highest BCUT2D eigenvalue weighted by atomic mass is 16.3. The van der Waals surface area contributed by atoms with Gasteiger partial charge in [-0.05, 0) is 43.4 Å². The molecule has 0 bridgehead atoms. The second kappa shape index (κ2) is 5.13. The van der Waals surface area contributed by atoms with E-state index < -0.39 is 0 Å². The largest absolute Gasteiger partial charge is 0.396 e. The van der Waals surface area contributed by atoms with Crippen LogP contribution in [0.25, 0.3) is 0 Å². The van der Waals surface area contributed by atoms with Crippen LogP contribution in [-0.2, 0) is 0 Å². The van der Waals surface area contributed by atoms with Crippen molar-refractivity contribution in [2.45, 2.75) is 51.9 Å². The van der Waals surface area contributed by atoms with Gasteiger partial charge in [-0.2, -0.15) is 0 Å². The smallest absolute Gasteiger partial charge is 0.0499 e. The molecule has 18 heavy (non-hydrogen) atoms. The van der Waals surface area contributed by atoms with Crippen LogP contribution in [0.15, 0.2) is 0 Å². The van der Waals surface area contributed by atoms with E-state index in [-0.39, 0.29) is 5.41 Å². The van der Waals surface area contributed by atoms with Crippen molar-refractivity contribution >= 4 is 0 Å². The summed E-state index contributed by atoms with van der Waals surface area (Å²) in [6.45, 7) is 6.58.